The molecule has 158 valence electrons. The van der Waals surface area contributed by atoms with Gasteiger partial charge in [-0.25, -0.2) is 9.78 Å². The first-order valence-corrected chi connectivity index (χ1v) is 10.5. The quantitative estimate of drug-likeness (QED) is 0.429. The van der Waals surface area contributed by atoms with Gasteiger partial charge >= 0.3 is 5.69 Å². The number of fused-ring (bicyclic) bond motifs is 1. The lowest BCUT2D eigenvalue weighted by atomic mass is 10.1. The van der Waals surface area contributed by atoms with Crippen LogP contribution in [-0.2, 0) is 6.54 Å². The molecule has 0 aliphatic carbocycles. The van der Waals surface area contributed by atoms with Crippen molar-refractivity contribution in [2.24, 2.45) is 5.92 Å². The highest BCUT2D eigenvalue weighted by Gasteiger charge is 2.15. The van der Waals surface area contributed by atoms with Gasteiger partial charge in [-0.1, -0.05) is 30.3 Å². The first kappa shape index (κ1) is 19.3. The molecule has 5 rings (SSSR count). The molecule has 0 radical (unpaired) electrons. The second-order valence-corrected chi connectivity index (χ2v) is 7.75. The number of aromatic amines is 1. The van der Waals surface area contributed by atoms with Crippen LogP contribution in [0.15, 0.2) is 65.6 Å². The van der Waals surface area contributed by atoms with Crippen LogP contribution in [0.1, 0.15) is 12.0 Å². The minimum atomic E-state index is -0.212. The highest BCUT2D eigenvalue weighted by Crippen LogP contribution is 2.22. The molecule has 0 saturated carbocycles. The SMILES string of the molecule is O=c1[nH]c2cnc(NC[C@@H]3CCNC3)nc2n1Cc1cccc(Oc2ccccc2)c1. The van der Waals surface area contributed by atoms with E-state index >= 15 is 0 Å². The number of hydrogen-bond donors (Lipinski definition) is 3. The van der Waals surface area contributed by atoms with E-state index in [-0.39, 0.29) is 5.69 Å². The minimum absolute atomic E-state index is 0.212. The van der Waals surface area contributed by atoms with Crippen LogP contribution in [-0.4, -0.2) is 39.2 Å². The molecule has 1 aliphatic heterocycles. The zero-order chi connectivity index (χ0) is 21.0. The summed E-state index contributed by atoms with van der Waals surface area (Å²) in [7, 11) is 0. The summed E-state index contributed by atoms with van der Waals surface area (Å²) in [5.41, 5.74) is 1.94. The second kappa shape index (κ2) is 8.61. The predicted octanol–water partition coefficient (Wildman–Crippen LogP) is 2.98. The Labute approximate surface area is 179 Å². The van der Waals surface area contributed by atoms with Gasteiger partial charge in [0.15, 0.2) is 5.65 Å². The first-order valence-electron chi connectivity index (χ1n) is 10.5. The number of nitrogens with one attached hydrogen (secondary N) is 3. The van der Waals surface area contributed by atoms with Crippen molar-refractivity contribution < 1.29 is 4.74 Å². The summed E-state index contributed by atoms with van der Waals surface area (Å²) in [6.45, 7) is 3.25. The van der Waals surface area contributed by atoms with Gasteiger partial charge in [0, 0.05) is 6.54 Å². The van der Waals surface area contributed by atoms with E-state index < -0.39 is 0 Å². The molecular weight excluding hydrogens is 392 g/mol. The fourth-order valence-electron chi connectivity index (χ4n) is 3.82. The Kier molecular flexibility index (Phi) is 5.37. The van der Waals surface area contributed by atoms with E-state index in [2.05, 4.69) is 25.6 Å². The smallest absolute Gasteiger partial charge is 0.328 e. The molecule has 0 spiro atoms. The fourth-order valence-corrected chi connectivity index (χ4v) is 3.82. The molecule has 3 N–H and O–H groups in total. The Balaban J connectivity index is 1.37. The lowest BCUT2D eigenvalue weighted by molar-refractivity contribution is 0.481. The van der Waals surface area contributed by atoms with Crippen molar-refractivity contribution >= 4 is 17.1 Å². The lowest BCUT2D eigenvalue weighted by Crippen LogP contribution is -2.19. The average molecular weight is 416 g/mol. The first-order chi connectivity index (χ1) is 15.2. The zero-order valence-corrected chi connectivity index (χ0v) is 17.0. The maximum absolute atomic E-state index is 12.6. The third-order valence-electron chi connectivity index (χ3n) is 5.44. The summed E-state index contributed by atoms with van der Waals surface area (Å²) in [5, 5.41) is 6.66. The van der Waals surface area contributed by atoms with Gasteiger partial charge in [0.25, 0.3) is 0 Å². The molecule has 1 fully saturated rings. The summed E-state index contributed by atoms with van der Waals surface area (Å²) in [6, 6.07) is 17.3. The summed E-state index contributed by atoms with van der Waals surface area (Å²) in [6.07, 6.45) is 2.80. The van der Waals surface area contributed by atoms with E-state index in [1.165, 1.54) is 0 Å². The summed E-state index contributed by atoms with van der Waals surface area (Å²) in [4.78, 5) is 24.4. The topological polar surface area (TPSA) is 96.9 Å². The van der Waals surface area contributed by atoms with E-state index in [1.807, 2.05) is 54.6 Å². The molecule has 1 atom stereocenters. The zero-order valence-electron chi connectivity index (χ0n) is 17.0. The van der Waals surface area contributed by atoms with Gasteiger partial charge in [0.05, 0.1) is 12.7 Å². The number of rotatable bonds is 7. The maximum atomic E-state index is 12.6. The van der Waals surface area contributed by atoms with Crippen LogP contribution < -0.4 is 21.1 Å². The Bertz CT molecular complexity index is 1230. The average Bonchev–Trinajstić information content (AvgIpc) is 3.41. The van der Waals surface area contributed by atoms with Gasteiger partial charge in [0.1, 0.15) is 17.0 Å². The third kappa shape index (κ3) is 4.44. The van der Waals surface area contributed by atoms with Gasteiger partial charge in [-0.15, -0.1) is 0 Å². The number of imidazole rings is 1. The molecule has 0 amide bonds. The van der Waals surface area contributed by atoms with E-state index in [0.717, 1.165) is 43.1 Å². The number of nitrogens with zero attached hydrogens (tertiary/aromatic N) is 3. The molecule has 0 unspecified atom stereocenters. The molecule has 4 aromatic rings. The highest BCUT2D eigenvalue weighted by atomic mass is 16.5. The predicted molar refractivity (Wildman–Crippen MR) is 120 cm³/mol. The molecule has 31 heavy (non-hydrogen) atoms. The summed E-state index contributed by atoms with van der Waals surface area (Å²) < 4.78 is 7.55. The normalized spacial score (nSPS) is 15.9. The largest absolute Gasteiger partial charge is 0.457 e. The molecule has 3 heterocycles. The Morgan fingerprint density at radius 2 is 2.00 bits per heavy atom. The molecule has 1 saturated heterocycles. The lowest BCUT2D eigenvalue weighted by Gasteiger charge is -2.10. The molecule has 1 aliphatic rings. The Morgan fingerprint density at radius 3 is 2.84 bits per heavy atom. The molecule has 8 nitrogen and oxygen atoms in total. The van der Waals surface area contributed by atoms with Crippen molar-refractivity contribution in [3.05, 3.63) is 76.8 Å². The number of hydrogen-bond acceptors (Lipinski definition) is 6. The van der Waals surface area contributed by atoms with Crippen molar-refractivity contribution in [2.75, 3.05) is 25.0 Å². The van der Waals surface area contributed by atoms with Crippen molar-refractivity contribution in [2.45, 2.75) is 13.0 Å². The van der Waals surface area contributed by atoms with Gasteiger partial charge in [-0.3, -0.25) is 4.57 Å². The van der Waals surface area contributed by atoms with E-state index in [1.54, 1.807) is 10.8 Å². The number of anilines is 1. The van der Waals surface area contributed by atoms with E-state index in [4.69, 9.17) is 4.74 Å². The number of para-hydroxylation sites is 1. The number of aromatic nitrogens is 4. The standard InChI is InChI=1S/C23H24N6O2/c30-23-27-20-14-26-22(25-13-17-9-10-24-12-17)28-21(20)29(23)15-16-5-4-8-19(11-16)31-18-6-2-1-3-7-18/h1-8,11,14,17,24H,9-10,12-13,15H2,(H,27,30)(H,25,26,28)/t17-/m1/s1. The second-order valence-electron chi connectivity index (χ2n) is 7.75. The van der Waals surface area contributed by atoms with Gasteiger partial charge in [0.2, 0.25) is 5.95 Å². The van der Waals surface area contributed by atoms with Crippen LogP contribution in [0.25, 0.3) is 11.2 Å². The third-order valence-corrected chi connectivity index (χ3v) is 5.44. The monoisotopic (exact) mass is 416 g/mol. The molecule has 0 bridgehead atoms. The molecular formula is C23H24N6O2. The van der Waals surface area contributed by atoms with Crippen molar-refractivity contribution in [1.29, 1.82) is 0 Å². The highest BCUT2D eigenvalue weighted by molar-refractivity contribution is 5.71. The van der Waals surface area contributed by atoms with Gasteiger partial charge in [-0.2, -0.15) is 4.98 Å². The number of H-pyrrole nitrogens is 1. The van der Waals surface area contributed by atoms with Crippen LogP contribution in [0.4, 0.5) is 5.95 Å². The Morgan fingerprint density at radius 1 is 1.13 bits per heavy atom. The van der Waals surface area contributed by atoms with Crippen molar-refractivity contribution in [3.63, 3.8) is 0 Å². The minimum Gasteiger partial charge on any atom is -0.457 e. The maximum Gasteiger partial charge on any atom is 0.328 e. The van der Waals surface area contributed by atoms with Crippen LogP contribution in [0.3, 0.4) is 0 Å². The summed E-state index contributed by atoms with van der Waals surface area (Å²) in [5.74, 6) is 2.59. The van der Waals surface area contributed by atoms with Crippen LogP contribution in [0.5, 0.6) is 11.5 Å². The van der Waals surface area contributed by atoms with Crippen molar-refractivity contribution in [3.8, 4) is 11.5 Å². The van der Waals surface area contributed by atoms with Crippen LogP contribution in [0.2, 0.25) is 0 Å². The Hall–Kier alpha value is -3.65. The molecule has 2 aromatic heterocycles. The van der Waals surface area contributed by atoms with E-state index in [9.17, 15) is 4.79 Å². The fraction of sp³-hybridized carbons (Fsp3) is 0.261. The van der Waals surface area contributed by atoms with Crippen molar-refractivity contribution in [1.82, 2.24) is 24.8 Å². The van der Waals surface area contributed by atoms with E-state index in [0.29, 0.717) is 29.6 Å². The molecule has 8 heteroatoms. The number of ether oxygens (including phenoxy) is 1. The summed E-state index contributed by atoms with van der Waals surface area (Å²) >= 11 is 0. The van der Waals surface area contributed by atoms with Gasteiger partial charge in [-0.05, 0) is 55.3 Å². The number of benzene rings is 2. The van der Waals surface area contributed by atoms with Crippen LogP contribution in [0, 0.1) is 5.92 Å². The van der Waals surface area contributed by atoms with Crippen LogP contribution >= 0.6 is 0 Å². The van der Waals surface area contributed by atoms with Gasteiger partial charge < -0.3 is 20.4 Å². The molecule has 2 aromatic carbocycles.